The second-order valence-electron chi connectivity index (χ2n) is 9.00. The maximum Gasteiger partial charge on any atom is 0.410 e. The van der Waals surface area contributed by atoms with Gasteiger partial charge >= 0.3 is 18.0 Å². The Bertz CT molecular complexity index is 923. The van der Waals surface area contributed by atoms with Gasteiger partial charge in [-0.15, -0.1) is 0 Å². The molecule has 0 atom stereocenters. The van der Waals surface area contributed by atoms with E-state index in [0.717, 1.165) is 5.69 Å². The average molecular weight is 466 g/mol. The van der Waals surface area contributed by atoms with Gasteiger partial charge in [0.1, 0.15) is 5.60 Å². The van der Waals surface area contributed by atoms with Crippen LogP contribution in [0.15, 0.2) is 30.0 Å². The Hall–Kier alpha value is -2.94. The maximum absolute atomic E-state index is 12.2. The number of hydrogen-bond acceptors (Lipinski definition) is 8. The van der Waals surface area contributed by atoms with Crippen LogP contribution in [0.2, 0.25) is 5.02 Å². The first-order valence-corrected chi connectivity index (χ1v) is 10.7. The van der Waals surface area contributed by atoms with Crippen LogP contribution in [0.5, 0.6) is 0 Å². The van der Waals surface area contributed by atoms with Crippen LogP contribution in [-0.2, 0) is 23.8 Å². The summed E-state index contributed by atoms with van der Waals surface area (Å²) in [6, 6.07) is 5.31. The molecule has 1 aromatic carbocycles. The summed E-state index contributed by atoms with van der Waals surface area (Å²) in [5, 5.41) is 3.38. The lowest BCUT2D eigenvalue weighted by atomic mass is 10.2. The number of nitrogens with zero attached hydrogens (tertiary/aromatic N) is 2. The number of amides is 1. The molecule has 0 saturated carbocycles. The van der Waals surface area contributed by atoms with Crippen LogP contribution in [0.25, 0.3) is 0 Å². The largest absolute Gasteiger partial charge is 0.444 e. The van der Waals surface area contributed by atoms with Crippen LogP contribution in [0, 0.1) is 0 Å². The molecule has 2 fully saturated rings. The topological polar surface area (TPSA) is 97.4 Å². The molecule has 174 valence electrons. The van der Waals surface area contributed by atoms with Gasteiger partial charge in [0.05, 0.1) is 10.7 Å². The molecule has 0 aliphatic carbocycles. The molecule has 0 bridgehead atoms. The summed E-state index contributed by atoms with van der Waals surface area (Å²) >= 11 is 6.47. The van der Waals surface area contributed by atoms with Crippen molar-refractivity contribution in [3.8, 4) is 0 Å². The molecule has 1 aromatic rings. The Balaban J connectivity index is 1.61. The normalized spacial score (nSPS) is 18.6. The summed E-state index contributed by atoms with van der Waals surface area (Å²) in [7, 11) is 0. The van der Waals surface area contributed by atoms with E-state index in [9.17, 15) is 14.4 Å². The first-order valence-electron chi connectivity index (χ1n) is 10.3. The van der Waals surface area contributed by atoms with E-state index in [-0.39, 0.29) is 11.7 Å². The van der Waals surface area contributed by atoms with Crippen LogP contribution in [0.4, 0.5) is 16.2 Å². The first-order chi connectivity index (χ1) is 14.8. The Morgan fingerprint density at radius 2 is 1.72 bits per heavy atom. The predicted molar refractivity (Wildman–Crippen MR) is 119 cm³/mol. The predicted octanol–water partition coefficient (Wildman–Crippen LogP) is 3.53. The Kier molecular flexibility index (Phi) is 6.59. The molecule has 2 saturated heterocycles. The second kappa shape index (κ2) is 8.90. The maximum atomic E-state index is 12.2. The molecule has 3 rings (SSSR count). The van der Waals surface area contributed by atoms with Gasteiger partial charge in [0.25, 0.3) is 5.79 Å². The van der Waals surface area contributed by atoms with Crippen molar-refractivity contribution in [1.29, 1.82) is 0 Å². The Morgan fingerprint density at radius 3 is 2.25 bits per heavy atom. The number of halogens is 1. The van der Waals surface area contributed by atoms with Crippen LogP contribution in [0.1, 0.15) is 34.6 Å². The number of hydrogen-bond donors (Lipinski definition) is 1. The minimum absolute atomic E-state index is 0.234. The fraction of sp³-hybridized carbons (Fsp3) is 0.500. The Morgan fingerprint density at radius 1 is 1.12 bits per heavy atom. The third kappa shape index (κ3) is 5.85. The van der Waals surface area contributed by atoms with Gasteiger partial charge in [-0.05, 0) is 39.0 Å². The zero-order valence-corrected chi connectivity index (χ0v) is 19.6. The number of esters is 2. The molecule has 10 heteroatoms. The number of anilines is 2. The molecule has 0 radical (unpaired) electrons. The van der Waals surface area contributed by atoms with Crippen molar-refractivity contribution in [2.75, 3.05) is 36.4 Å². The van der Waals surface area contributed by atoms with Crippen molar-refractivity contribution < 1.29 is 28.6 Å². The highest BCUT2D eigenvalue weighted by atomic mass is 35.5. The van der Waals surface area contributed by atoms with E-state index in [1.54, 1.807) is 17.0 Å². The lowest BCUT2D eigenvalue weighted by molar-refractivity contribution is -0.222. The van der Waals surface area contributed by atoms with Gasteiger partial charge in [-0.25, -0.2) is 14.4 Å². The monoisotopic (exact) mass is 465 g/mol. The summed E-state index contributed by atoms with van der Waals surface area (Å²) in [4.78, 5) is 40.0. The molecule has 0 unspecified atom stereocenters. The standard InChI is InChI=1S/C22H28ClN3O6/c1-21(2,3)32-20(29)26-10-8-25(9-11-26)17-7-6-14(12-16(17)23)24-13-15-18(27)30-22(4,5)31-19(15)28/h6-7,12-13,24H,8-11H2,1-5H3. The highest BCUT2D eigenvalue weighted by molar-refractivity contribution is 6.33. The van der Waals surface area contributed by atoms with E-state index in [2.05, 4.69) is 10.2 Å². The molecular weight excluding hydrogens is 438 g/mol. The van der Waals surface area contributed by atoms with Crippen molar-refractivity contribution in [2.24, 2.45) is 0 Å². The average Bonchev–Trinajstić information content (AvgIpc) is 2.65. The zero-order chi connectivity index (χ0) is 23.7. The quantitative estimate of drug-likeness (QED) is 0.411. The zero-order valence-electron chi connectivity index (χ0n) is 18.9. The van der Waals surface area contributed by atoms with Crippen molar-refractivity contribution in [3.05, 3.63) is 35.0 Å². The minimum atomic E-state index is -1.29. The van der Waals surface area contributed by atoms with Crippen LogP contribution < -0.4 is 10.2 Å². The minimum Gasteiger partial charge on any atom is -0.444 e. The number of rotatable bonds is 3. The van der Waals surface area contributed by atoms with Gasteiger partial charge in [-0.2, -0.15) is 0 Å². The molecule has 2 heterocycles. The van der Waals surface area contributed by atoms with E-state index in [0.29, 0.717) is 36.9 Å². The van der Waals surface area contributed by atoms with Gasteiger partial charge in [0, 0.05) is 51.9 Å². The highest BCUT2D eigenvalue weighted by Crippen LogP contribution is 2.30. The van der Waals surface area contributed by atoms with E-state index in [1.807, 2.05) is 26.8 Å². The van der Waals surface area contributed by atoms with Crippen molar-refractivity contribution in [2.45, 2.75) is 46.0 Å². The van der Waals surface area contributed by atoms with E-state index < -0.39 is 23.3 Å². The molecule has 0 spiro atoms. The fourth-order valence-electron chi connectivity index (χ4n) is 3.24. The van der Waals surface area contributed by atoms with E-state index >= 15 is 0 Å². The molecule has 0 aromatic heterocycles. The number of carbonyl (C=O) groups excluding carboxylic acids is 3. The lowest BCUT2D eigenvalue weighted by Gasteiger charge is -2.37. The number of nitrogens with one attached hydrogen (secondary N) is 1. The van der Waals surface area contributed by atoms with Crippen LogP contribution >= 0.6 is 11.6 Å². The van der Waals surface area contributed by atoms with Crippen molar-refractivity contribution >= 4 is 41.0 Å². The second-order valence-corrected chi connectivity index (χ2v) is 9.41. The number of carbonyl (C=O) groups is 3. The fourth-order valence-corrected chi connectivity index (χ4v) is 3.54. The number of piperazine rings is 1. The first kappa shape index (κ1) is 23.7. The molecule has 2 aliphatic heterocycles. The molecule has 9 nitrogen and oxygen atoms in total. The third-order valence-corrected chi connectivity index (χ3v) is 5.02. The Labute approximate surface area is 192 Å². The van der Waals surface area contributed by atoms with Crippen LogP contribution in [0.3, 0.4) is 0 Å². The summed E-state index contributed by atoms with van der Waals surface area (Å²) in [5.74, 6) is -2.81. The highest BCUT2D eigenvalue weighted by Gasteiger charge is 2.39. The van der Waals surface area contributed by atoms with Gasteiger partial charge in [0.15, 0.2) is 5.57 Å². The molecule has 2 aliphatic rings. The summed E-state index contributed by atoms with van der Waals surface area (Å²) in [5.41, 5.74) is 0.649. The van der Waals surface area contributed by atoms with Gasteiger partial charge in [0.2, 0.25) is 0 Å². The molecular formula is C22H28ClN3O6. The summed E-state index contributed by atoms with van der Waals surface area (Å²) in [6.45, 7) is 10.8. The van der Waals surface area contributed by atoms with Gasteiger partial charge < -0.3 is 29.3 Å². The van der Waals surface area contributed by atoms with E-state index in [1.165, 1.54) is 20.0 Å². The van der Waals surface area contributed by atoms with E-state index in [4.69, 9.17) is 25.8 Å². The smallest absolute Gasteiger partial charge is 0.410 e. The van der Waals surface area contributed by atoms with Gasteiger partial charge in [-0.1, -0.05) is 11.6 Å². The SMILES string of the molecule is CC(C)(C)OC(=O)N1CCN(c2ccc(NC=C3C(=O)OC(C)(C)OC3=O)cc2Cl)CC1. The number of cyclic esters (lactones) is 2. The third-order valence-electron chi connectivity index (χ3n) is 4.72. The van der Waals surface area contributed by atoms with Crippen molar-refractivity contribution in [1.82, 2.24) is 4.90 Å². The number of ether oxygens (including phenoxy) is 3. The lowest BCUT2D eigenvalue weighted by Crippen LogP contribution is -2.50. The van der Waals surface area contributed by atoms with Crippen LogP contribution in [-0.4, -0.2) is 60.5 Å². The van der Waals surface area contributed by atoms with Crippen molar-refractivity contribution in [3.63, 3.8) is 0 Å². The molecule has 32 heavy (non-hydrogen) atoms. The summed E-state index contributed by atoms with van der Waals surface area (Å²) < 4.78 is 15.5. The van der Waals surface area contributed by atoms with Gasteiger partial charge in [-0.3, -0.25) is 0 Å². The molecule has 1 amide bonds. The summed E-state index contributed by atoms with van der Waals surface area (Å²) in [6.07, 6.45) is 0.921. The molecule has 1 N–H and O–H groups in total. The number of benzene rings is 1.